The summed E-state index contributed by atoms with van der Waals surface area (Å²) in [5.74, 6) is 0.551. The molecule has 0 radical (unpaired) electrons. The van der Waals surface area contributed by atoms with Gasteiger partial charge in [-0.15, -0.1) is 0 Å². The van der Waals surface area contributed by atoms with E-state index in [1.54, 1.807) is 0 Å². The van der Waals surface area contributed by atoms with Crippen LogP contribution in [0.15, 0.2) is 35.4 Å². The molecule has 0 aliphatic heterocycles. The van der Waals surface area contributed by atoms with E-state index in [-0.39, 0.29) is 0 Å². The summed E-state index contributed by atoms with van der Waals surface area (Å²) in [7, 11) is 4.06. The van der Waals surface area contributed by atoms with E-state index in [1.807, 2.05) is 33.2 Å². The predicted molar refractivity (Wildman–Crippen MR) is 101 cm³/mol. The van der Waals surface area contributed by atoms with Crippen molar-refractivity contribution >= 4 is 34.8 Å². The minimum atomic E-state index is 0.551. The lowest BCUT2D eigenvalue weighted by molar-refractivity contribution is 0.621. The Morgan fingerprint density at radius 2 is 1.91 bits per heavy atom. The summed E-state index contributed by atoms with van der Waals surface area (Å²) < 4.78 is 0. The second-order valence-electron chi connectivity index (χ2n) is 5.79. The van der Waals surface area contributed by atoms with Crippen LogP contribution >= 0.6 is 12.2 Å². The summed E-state index contributed by atoms with van der Waals surface area (Å²) in [4.78, 5) is 2.08. The number of thiocarbonyl (C=S) groups is 1. The Hall–Kier alpha value is -1.88. The van der Waals surface area contributed by atoms with E-state index in [4.69, 9.17) is 12.2 Å². The van der Waals surface area contributed by atoms with Gasteiger partial charge in [0, 0.05) is 26.3 Å². The molecule has 0 heterocycles. The summed E-state index contributed by atoms with van der Waals surface area (Å²) in [6.45, 7) is 7.04. The van der Waals surface area contributed by atoms with Crippen molar-refractivity contribution in [1.29, 1.82) is 0 Å². The predicted octanol–water partition coefficient (Wildman–Crippen LogP) is 3.26. The van der Waals surface area contributed by atoms with Gasteiger partial charge < -0.3 is 10.2 Å². The molecule has 22 heavy (non-hydrogen) atoms. The van der Waals surface area contributed by atoms with E-state index in [9.17, 15) is 0 Å². The molecule has 120 valence electrons. The van der Waals surface area contributed by atoms with Crippen molar-refractivity contribution in [3.05, 3.63) is 35.9 Å². The number of rotatable bonds is 6. The van der Waals surface area contributed by atoms with Crippen LogP contribution in [0.1, 0.15) is 26.3 Å². The summed E-state index contributed by atoms with van der Waals surface area (Å²) in [6.07, 6.45) is 3.99. The Labute approximate surface area is 139 Å². The van der Waals surface area contributed by atoms with Crippen LogP contribution < -0.4 is 15.6 Å². The highest BCUT2D eigenvalue weighted by Crippen LogP contribution is 2.13. The van der Waals surface area contributed by atoms with Crippen molar-refractivity contribution in [2.75, 3.05) is 25.5 Å². The zero-order valence-electron chi connectivity index (χ0n) is 14.1. The molecule has 1 aromatic carbocycles. The molecule has 0 bridgehead atoms. The Bertz CT molecular complexity index is 530. The molecular weight excluding hydrogens is 292 g/mol. The summed E-state index contributed by atoms with van der Waals surface area (Å²) in [5.41, 5.74) is 6.04. The first-order chi connectivity index (χ1) is 10.4. The van der Waals surface area contributed by atoms with Crippen LogP contribution in [0.25, 0.3) is 6.08 Å². The first-order valence-electron chi connectivity index (χ1n) is 7.42. The van der Waals surface area contributed by atoms with Crippen molar-refractivity contribution in [1.82, 2.24) is 10.7 Å². The Kier molecular flexibility index (Phi) is 7.60. The SMILES string of the molecule is CC(/C=C\c1ccc(N(C)C)cc1)=N\NC(=S)NCC(C)C. The van der Waals surface area contributed by atoms with Crippen LogP contribution in [-0.4, -0.2) is 31.5 Å². The fourth-order valence-electron chi connectivity index (χ4n) is 1.61. The molecule has 4 nitrogen and oxygen atoms in total. The fourth-order valence-corrected chi connectivity index (χ4v) is 1.74. The van der Waals surface area contributed by atoms with Gasteiger partial charge in [-0.2, -0.15) is 5.10 Å². The zero-order valence-corrected chi connectivity index (χ0v) is 14.9. The van der Waals surface area contributed by atoms with Gasteiger partial charge in [-0.05, 0) is 48.8 Å². The number of hydrogen-bond donors (Lipinski definition) is 2. The van der Waals surface area contributed by atoms with Gasteiger partial charge in [-0.3, -0.25) is 5.43 Å². The second-order valence-corrected chi connectivity index (χ2v) is 6.20. The van der Waals surface area contributed by atoms with Gasteiger partial charge in [0.1, 0.15) is 0 Å². The monoisotopic (exact) mass is 318 g/mol. The number of nitrogens with one attached hydrogen (secondary N) is 2. The molecule has 5 heteroatoms. The molecule has 0 saturated heterocycles. The third kappa shape index (κ3) is 7.22. The second kappa shape index (κ2) is 9.20. The van der Waals surface area contributed by atoms with Gasteiger partial charge in [-0.1, -0.05) is 32.1 Å². The van der Waals surface area contributed by atoms with E-state index >= 15 is 0 Å². The number of hydrogen-bond acceptors (Lipinski definition) is 3. The molecular formula is C17H26N4S. The molecule has 0 atom stereocenters. The first kappa shape index (κ1) is 18.2. The molecule has 0 aromatic heterocycles. The maximum atomic E-state index is 5.15. The van der Waals surface area contributed by atoms with Crippen LogP contribution in [0.5, 0.6) is 0 Å². The molecule has 0 unspecified atom stereocenters. The maximum Gasteiger partial charge on any atom is 0.186 e. The van der Waals surface area contributed by atoms with E-state index in [1.165, 1.54) is 5.69 Å². The van der Waals surface area contributed by atoms with Crippen LogP contribution in [-0.2, 0) is 0 Å². The summed E-state index contributed by atoms with van der Waals surface area (Å²) >= 11 is 5.15. The van der Waals surface area contributed by atoms with Gasteiger partial charge in [0.2, 0.25) is 0 Å². The van der Waals surface area contributed by atoms with Crippen molar-refractivity contribution in [2.24, 2.45) is 11.0 Å². The van der Waals surface area contributed by atoms with Crippen molar-refractivity contribution in [3.63, 3.8) is 0 Å². The van der Waals surface area contributed by atoms with Crippen LogP contribution in [0.3, 0.4) is 0 Å². The Morgan fingerprint density at radius 3 is 2.45 bits per heavy atom. The lowest BCUT2D eigenvalue weighted by Gasteiger charge is -2.11. The quantitative estimate of drug-likeness (QED) is 0.480. The molecule has 0 fully saturated rings. The largest absolute Gasteiger partial charge is 0.378 e. The molecule has 0 saturated carbocycles. The van der Waals surface area contributed by atoms with Gasteiger partial charge in [0.25, 0.3) is 0 Å². The number of hydrazone groups is 1. The normalized spacial score (nSPS) is 11.8. The zero-order chi connectivity index (χ0) is 16.5. The van der Waals surface area contributed by atoms with Crippen LogP contribution in [0.4, 0.5) is 5.69 Å². The highest BCUT2D eigenvalue weighted by Gasteiger charge is 1.96. The standard InChI is InChI=1S/C17H26N4S/c1-13(2)12-18-17(22)20-19-14(3)6-7-15-8-10-16(11-9-15)21(4)5/h6-11,13H,12H2,1-5H3,(H2,18,20,22)/b7-6-,19-14+. The number of nitrogens with zero attached hydrogens (tertiary/aromatic N) is 2. The van der Waals surface area contributed by atoms with E-state index in [2.05, 4.69) is 58.9 Å². The van der Waals surface area contributed by atoms with Crippen molar-refractivity contribution < 1.29 is 0 Å². The molecule has 0 amide bonds. The smallest absolute Gasteiger partial charge is 0.186 e. The number of allylic oxidation sites excluding steroid dienone is 1. The first-order valence-corrected chi connectivity index (χ1v) is 7.83. The minimum absolute atomic E-state index is 0.551. The lowest BCUT2D eigenvalue weighted by Crippen LogP contribution is -2.34. The topological polar surface area (TPSA) is 39.7 Å². The van der Waals surface area contributed by atoms with Crippen molar-refractivity contribution in [3.8, 4) is 0 Å². The molecule has 1 aromatic rings. The van der Waals surface area contributed by atoms with E-state index in [0.717, 1.165) is 17.8 Å². The molecule has 0 aliphatic carbocycles. The maximum absolute atomic E-state index is 5.15. The molecule has 2 N–H and O–H groups in total. The van der Waals surface area contributed by atoms with Gasteiger partial charge in [0.15, 0.2) is 5.11 Å². The number of anilines is 1. The average molecular weight is 318 g/mol. The third-order valence-corrected chi connectivity index (χ3v) is 3.17. The molecule has 1 rings (SSSR count). The lowest BCUT2D eigenvalue weighted by atomic mass is 10.2. The third-order valence-electron chi connectivity index (χ3n) is 2.93. The minimum Gasteiger partial charge on any atom is -0.378 e. The van der Waals surface area contributed by atoms with Crippen molar-refractivity contribution in [2.45, 2.75) is 20.8 Å². The molecule has 0 aliphatic rings. The Morgan fingerprint density at radius 1 is 1.27 bits per heavy atom. The summed E-state index contributed by atoms with van der Waals surface area (Å²) in [5, 5.41) is 7.90. The summed E-state index contributed by atoms with van der Waals surface area (Å²) in [6, 6.07) is 8.35. The highest BCUT2D eigenvalue weighted by atomic mass is 32.1. The highest BCUT2D eigenvalue weighted by molar-refractivity contribution is 7.80. The number of benzene rings is 1. The van der Waals surface area contributed by atoms with Crippen LogP contribution in [0, 0.1) is 5.92 Å². The Balaban J connectivity index is 2.50. The van der Waals surface area contributed by atoms with Gasteiger partial charge >= 0.3 is 0 Å². The average Bonchev–Trinajstić information content (AvgIpc) is 2.49. The van der Waals surface area contributed by atoms with Crippen LogP contribution in [0.2, 0.25) is 0 Å². The van der Waals surface area contributed by atoms with E-state index < -0.39 is 0 Å². The fraction of sp³-hybridized carbons (Fsp3) is 0.412. The van der Waals surface area contributed by atoms with E-state index in [0.29, 0.717) is 11.0 Å². The molecule has 0 spiro atoms. The van der Waals surface area contributed by atoms with Gasteiger partial charge in [-0.25, -0.2) is 0 Å². The van der Waals surface area contributed by atoms with Gasteiger partial charge in [0.05, 0.1) is 5.71 Å².